The number of benzene rings is 1. The molecule has 6 nitrogen and oxygen atoms in total. The average molecular weight is 287 g/mol. The molecule has 1 aliphatic carbocycles. The highest BCUT2D eigenvalue weighted by Gasteiger charge is 2.39. The number of nitrogens with two attached hydrogens (primary N) is 2. The second kappa shape index (κ2) is 5.37. The summed E-state index contributed by atoms with van der Waals surface area (Å²) < 4.78 is 5.17. The predicted octanol–water partition coefficient (Wildman–Crippen LogP) is 1.16. The molecule has 1 aliphatic heterocycles. The zero-order valence-corrected chi connectivity index (χ0v) is 12.2. The molecular weight excluding hydrogens is 266 g/mol. The maximum absolute atomic E-state index is 6.42. The van der Waals surface area contributed by atoms with Crippen molar-refractivity contribution in [2.75, 3.05) is 7.11 Å². The second-order valence-electron chi connectivity index (χ2n) is 5.58. The highest BCUT2D eigenvalue weighted by molar-refractivity contribution is 6.09. The molecule has 21 heavy (non-hydrogen) atoms. The first kappa shape index (κ1) is 13.9. The third-order valence-corrected chi connectivity index (χ3v) is 4.16. The third-order valence-electron chi connectivity index (χ3n) is 4.16. The van der Waals surface area contributed by atoms with E-state index in [9.17, 15) is 0 Å². The summed E-state index contributed by atoms with van der Waals surface area (Å²) in [5, 5.41) is 3.01. The van der Waals surface area contributed by atoms with Gasteiger partial charge in [0, 0.05) is 11.5 Å². The van der Waals surface area contributed by atoms with Crippen LogP contribution < -0.4 is 21.5 Å². The van der Waals surface area contributed by atoms with Gasteiger partial charge in [-0.3, -0.25) is 5.73 Å². The van der Waals surface area contributed by atoms with Gasteiger partial charge in [0.1, 0.15) is 11.6 Å². The Morgan fingerprint density at radius 1 is 1.19 bits per heavy atom. The van der Waals surface area contributed by atoms with E-state index in [0.29, 0.717) is 11.8 Å². The summed E-state index contributed by atoms with van der Waals surface area (Å²) in [5.74, 6) is 1.10. The maximum Gasteiger partial charge on any atom is 0.210 e. The lowest BCUT2D eigenvalue weighted by Gasteiger charge is -2.32. The highest BCUT2D eigenvalue weighted by Crippen LogP contribution is 2.35. The average Bonchev–Trinajstić information content (AvgIpc) is 3.01. The molecule has 1 saturated carbocycles. The monoisotopic (exact) mass is 287 g/mol. The van der Waals surface area contributed by atoms with Gasteiger partial charge in [0.2, 0.25) is 5.79 Å². The molecule has 0 spiro atoms. The first-order valence-corrected chi connectivity index (χ1v) is 7.26. The van der Waals surface area contributed by atoms with Crippen LogP contribution in [0, 0.1) is 5.92 Å². The molecule has 0 aromatic heterocycles. The van der Waals surface area contributed by atoms with Crippen LogP contribution in [0.25, 0.3) is 0 Å². The van der Waals surface area contributed by atoms with Crippen LogP contribution >= 0.6 is 0 Å². The standard InChI is InChI=1S/C15H21N5O/c1-21-12-8-6-10(7-9-12)13-18-14(16)20-15(17,19-13)11-4-2-3-5-11/h6-9,11H,2-5,17H2,1H3,(H3,16,18,19,20). The van der Waals surface area contributed by atoms with E-state index in [1.54, 1.807) is 7.11 Å². The summed E-state index contributed by atoms with van der Waals surface area (Å²) in [6.45, 7) is 0. The van der Waals surface area contributed by atoms with Crippen molar-refractivity contribution in [3.05, 3.63) is 29.8 Å². The van der Waals surface area contributed by atoms with E-state index >= 15 is 0 Å². The van der Waals surface area contributed by atoms with Crippen LogP contribution in [-0.4, -0.2) is 24.7 Å². The van der Waals surface area contributed by atoms with E-state index in [2.05, 4.69) is 15.3 Å². The summed E-state index contributed by atoms with van der Waals surface area (Å²) in [7, 11) is 1.64. The van der Waals surface area contributed by atoms with Crippen molar-refractivity contribution in [2.24, 2.45) is 27.4 Å². The smallest absolute Gasteiger partial charge is 0.210 e. The minimum atomic E-state index is -0.943. The zero-order valence-electron chi connectivity index (χ0n) is 12.2. The normalized spacial score (nSPS) is 26.0. The quantitative estimate of drug-likeness (QED) is 0.777. The summed E-state index contributed by atoms with van der Waals surface area (Å²) in [6, 6.07) is 7.63. The fourth-order valence-corrected chi connectivity index (χ4v) is 2.99. The molecule has 0 amide bonds. The van der Waals surface area contributed by atoms with Crippen molar-refractivity contribution in [1.82, 2.24) is 5.32 Å². The summed E-state index contributed by atoms with van der Waals surface area (Å²) in [6.07, 6.45) is 4.46. The molecular formula is C15H21N5O. The molecule has 2 aliphatic rings. The number of guanidine groups is 1. The number of aliphatic imine (C=N–C) groups is 2. The molecule has 6 heteroatoms. The number of hydrogen-bond donors (Lipinski definition) is 3. The number of amidine groups is 1. The van der Waals surface area contributed by atoms with Crippen molar-refractivity contribution in [3.63, 3.8) is 0 Å². The van der Waals surface area contributed by atoms with Crippen LogP contribution in [0.15, 0.2) is 34.3 Å². The van der Waals surface area contributed by atoms with Gasteiger partial charge in [-0.15, -0.1) is 0 Å². The Bertz CT molecular complexity index is 574. The van der Waals surface area contributed by atoms with Gasteiger partial charge < -0.3 is 15.8 Å². The molecule has 112 valence electrons. The summed E-state index contributed by atoms with van der Waals surface area (Å²) in [4.78, 5) is 9.00. The Morgan fingerprint density at radius 3 is 2.48 bits per heavy atom. The Kier molecular flexibility index (Phi) is 3.55. The van der Waals surface area contributed by atoms with Crippen molar-refractivity contribution in [1.29, 1.82) is 0 Å². The van der Waals surface area contributed by atoms with Crippen molar-refractivity contribution >= 4 is 11.8 Å². The Hall–Kier alpha value is -2.08. The molecule has 1 aromatic rings. The number of ether oxygens (including phenoxy) is 1. The van der Waals surface area contributed by atoms with Gasteiger partial charge in [0.05, 0.1) is 7.11 Å². The van der Waals surface area contributed by atoms with Crippen LogP contribution in [0.5, 0.6) is 5.75 Å². The van der Waals surface area contributed by atoms with Crippen molar-refractivity contribution in [2.45, 2.75) is 31.5 Å². The van der Waals surface area contributed by atoms with Gasteiger partial charge in [-0.25, -0.2) is 9.98 Å². The van der Waals surface area contributed by atoms with E-state index in [1.807, 2.05) is 24.3 Å². The zero-order chi connectivity index (χ0) is 14.9. The maximum atomic E-state index is 6.42. The third kappa shape index (κ3) is 2.71. The van der Waals surface area contributed by atoms with Gasteiger partial charge in [-0.2, -0.15) is 0 Å². The summed E-state index contributed by atoms with van der Waals surface area (Å²) >= 11 is 0. The first-order chi connectivity index (χ1) is 10.1. The molecule has 5 N–H and O–H groups in total. The fourth-order valence-electron chi connectivity index (χ4n) is 2.99. The van der Waals surface area contributed by atoms with Gasteiger partial charge in [0.15, 0.2) is 5.96 Å². The number of hydrogen-bond acceptors (Lipinski definition) is 6. The lowest BCUT2D eigenvalue weighted by molar-refractivity contribution is 0.294. The van der Waals surface area contributed by atoms with E-state index < -0.39 is 5.79 Å². The van der Waals surface area contributed by atoms with Gasteiger partial charge in [-0.05, 0) is 37.1 Å². The molecule has 1 atom stereocenters. The Balaban J connectivity index is 1.92. The van der Waals surface area contributed by atoms with Crippen molar-refractivity contribution in [3.8, 4) is 5.75 Å². The van der Waals surface area contributed by atoms with Crippen LogP contribution in [0.2, 0.25) is 0 Å². The lowest BCUT2D eigenvalue weighted by Crippen LogP contribution is -2.53. The molecule has 0 saturated heterocycles. The molecule has 3 rings (SSSR count). The predicted molar refractivity (Wildman–Crippen MR) is 83.2 cm³/mol. The van der Waals surface area contributed by atoms with Gasteiger partial charge >= 0.3 is 0 Å². The Labute approximate surface area is 124 Å². The SMILES string of the molecule is COc1ccc(C2=NC(N)(C3CCCC3)N=C(N)N2)cc1. The molecule has 1 fully saturated rings. The van der Waals surface area contributed by atoms with E-state index in [4.69, 9.17) is 16.2 Å². The number of nitrogens with one attached hydrogen (secondary N) is 1. The fraction of sp³-hybridized carbons (Fsp3) is 0.467. The number of rotatable bonds is 3. The second-order valence-corrected chi connectivity index (χ2v) is 5.58. The topological polar surface area (TPSA) is 98.0 Å². The minimum absolute atomic E-state index is 0.256. The van der Waals surface area contributed by atoms with Crippen LogP contribution in [0.4, 0.5) is 0 Å². The number of methoxy groups -OCH3 is 1. The molecule has 1 heterocycles. The van der Waals surface area contributed by atoms with E-state index in [-0.39, 0.29) is 5.92 Å². The molecule has 1 aromatic carbocycles. The summed E-state index contributed by atoms with van der Waals surface area (Å²) in [5.41, 5.74) is 13.3. The minimum Gasteiger partial charge on any atom is -0.497 e. The number of nitrogens with zero attached hydrogens (tertiary/aromatic N) is 2. The first-order valence-electron chi connectivity index (χ1n) is 7.26. The van der Waals surface area contributed by atoms with Gasteiger partial charge in [-0.1, -0.05) is 12.8 Å². The van der Waals surface area contributed by atoms with Gasteiger partial charge in [0.25, 0.3) is 0 Å². The van der Waals surface area contributed by atoms with Crippen LogP contribution in [0.1, 0.15) is 31.2 Å². The lowest BCUT2D eigenvalue weighted by atomic mass is 9.99. The largest absolute Gasteiger partial charge is 0.497 e. The van der Waals surface area contributed by atoms with Crippen LogP contribution in [-0.2, 0) is 0 Å². The molecule has 0 radical (unpaired) electrons. The van der Waals surface area contributed by atoms with E-state index in [1.165, 1.54) is 12.8 Å². The molecule has 0 bridgehead atoms. The van der Waals surface area contributed by atoms with Crippen LogP contribution in [0.3, 0.4) is 0 Å². The van der Waals surface area contributed by atoms with Crippen molar-refractivity contribution < 1.29 is 4.74 Å². The van der Waals surface area contributed by atoms with E-state index in [0.717, 1.165) is 24.2 Å². The molecule has 1 unspecified atom stereocenters. The highest BCUT2D eigenvalue weighted by atomic mass is 16.5. The Morgan fingerprint density at radius 2 is 1.86 bits per heavy atom.